The van der Waals surface area contributed by atoms with Gasteiger partial charge in [-0.15, -0.1) is 0 Å². The van der Waals surface area contributed by atoms with E-state index in [1.807, 2.05) is 0 Å². The molecule has 0 aliphatic heterocycles. The highest BCUT2D eigenvalue weighted by Gasteiger charge is 2.32. The lowest BCUT2D eigenvalue weighted by molar-refractivity contribution is 0.0420. The number of nitrogens with two attached hydrogens (primary N) is 1. The van der Waals surface area contributed by atoms with Crippen molar-refractivity contribution in [3.63, 3.8) is 0 Å². The van der Waals surface area contributed by atoms with Gasteiger partial charge in [-0.1, -0.05) is 24.1 Å². The van der Waals surface area contributed by atoms with Gasteiger partial charge in [-0.3, -0.25) is 0 Å². The van der Waals surface area contributed by atoms with Crippen LogP contribution in [0.3, 0.4) is 0 Å². The summed E-state index contributed by atoms with van der Waals surface area (Å²) in [6.07, 6.45) is 2.76. The summed E-state index contributed by atoms with van der Waals surface area (Å²) >= 11 is 6.01. The second kappa shape index (κ2) is 5.34. The van der Waals surface area contributed by atoms with Crippen molar-refractivity contribution in [2.45, 2.75) is 31.3 Å². The maximum absolute atomic E-state index is 13.0. The zero-order valence-corrected chi connectivity index (χ0v) is 10.3. The Morgan fingerprint density at radius 3 is 2.65 bits per heavy atom. The van der Waals surface area contributed by atoms with E-state index >= 15 is 0 Å². The minimum Gasteiger partial charge on any atom is -0.392 e. The number of hydrogen-bond donors (Lipinski definition) is 2. The molecule has 2 nitrogen and oxygen atoms in total. The molecule has 4 heteroatoms. The molecule has 0 radical (unpaired) electrons. The van der Waals surface area contributed by atoms with Crippen LogP contribution >= 0.6 is 11.6 Å². The third kappa shape index (κ3) is 2.62. The Morgan fingerprint density at radius 2 is 2.18 bits per heavy atom. The van der Waals surface area contributed by atoms with Crippen molar-refractivity contribution >= 4 is 11.6 Å². The van der Waals surface area contributed by atoms with Crippen LogP contribution in [0.15, 0.2) is 18.2 Å². The van der Waals surface area contributed by atoms with E-state index < -0.39 is 6.10 Å². The maximum Gasteiger partial charge on any atom is 0.124 e. The molecule has 1 fully saturated rings. The fourth-order valence-electron chi connectivity index (χ4n) is 2.36. The van der Waals surface area contributed by atoms with Crippen LogP contribution in [0.1, 0.15) is 30.7 Å². The molecule has 0 aromatic heterocycles. The van der Waals surface area contributed by atoms with Gasteiger partial charge in [0.1, 0.15) is 5.82 Å². The summed E-state index contributed by atoms with van der Waals surface area (Å²) < 4.78 is 13.0. The molecule has 17 heavy (non-hydrogen) atoms. The minimum absolute atomic E-state index is 0.201. The highest BCUT2D eigenvalue weighted by atomic mass is 35.5. The van der Waals surface area contributed by atoms with Gasteiger partial charge in [0.05, 0.1) is 6.10 Å². The minimum atomic E-state index is -0.475. The van der Waals surface area contributed by atoms with Gasteiger partial charge in [-0.25, -0.2) is 4.39 Å². The first-order valence-corrected chi connectivity index (χ1v) is 6.34. The monoisotopic (exact) mass is 257 g/mol. The predicted molar refractivity (Wildman–Crippen MR) is 66.6 cm³/mol. The van der Waals surface area contributed by atoms with E-state index in [1.54, 1.807) is 6.07 Å². The van der Waals surface area contributed by atoms with E-state index in [0.717, 1.165) is 24.8 Å². The fraction of sp³-hybridized carbons (Fsp3) is 0.538. The number of hydrogen-bond acceptors (Lipinski definition) is 2. The molecule has 2 rings (SSSR count). The van der Waals surface area contributed by atoms with Crippen LogP contribution in [-0.2, 0) is 0 Å². The molecule has 0 spiro atoms. The molecular weight excluding hydrogens is 241 g/mol. The van der Waals surface area contributed by atoms with E-state index in [2.05, 4.69) is 0 Å². The molecule has 1 aliphatic carbocycles. The Kier molecular flexibility index (Phi) is 4.02. The van der Waals surface area contributed by atoms with Gasteiger partial charge < -0.3 is 10.8 Å². The molecule has 94 valence electrons. The van der Waals surface area contributed by atoms with E-state index in [9.17, 15) is 9.50 Å². The number of aliphatic hydroxyl groups is 1. The number of aliphatic hydroxyl groups excluding tert-OH is 1. The van der Waals surface area contributed by atoms with Crippen molar-refractivity contribution in [2.75, 3.05) is 6.54 Å². The standard InChI is InChI=1S/C13H17ClFNO/c14-12-6-9(15)4-5-10(12)11(7-16)13(17)8-2-1-3-8/h4-6,8,11,13,17H,1-3,7,16H2. The van der Waals surface area contributed by atoms with Gasteiger partial charge >= 0.3 is 0 Å². The highest BCUT2D eigenvalue weighted by molar-refractivity contribution is 6.31. The predicted octanol–water partition coefficient (Wildman–Crippen LogP) is 2.68. The summed E-state index contributed by atoms with van der Waals surface area (Å²) in [6.45, 7) is 0.322. The molecule has 1 aromatic rings. The van der Waals surface area contributed by atoms with E-state index in [0.29, 0.717) is 17.5 Å². The van der Waals surface area contributed by atoms with Gasteiger partial charge in [0, 0.05) is 17.5 Å². The lowest BCUT2D eigenvalue weighted by Gasteiger charge is -2.35. The molecule has 1 aromatic carbocycles. The van der Waals surface area contributed by atoms with Crippen molar-refractivity contribution < 1.29 is 9.50 Å². The van der Waals surface area contributed by atoms with Crippen LogP contribution in [0.4, 0.5) is 4.39 Å². The van der Waals surface area contributed by atoms with Crippen LogP contribution in [0.25, 0.3) is 0 Å². The zero-order chi connectivity index (χ0) is 12.4. The van der Waals surface area contributed by atoms with Crippen LogP contribution < -0.4 is 5.73 Å². The topological polar surface area (TPSA) is 46.2 Å². The smallest absolute Gasteiger partial charge is 0.124 e. The number of rotatable bonds is 4. The van der Waals surface area contributed by atoms with Gasteiger partial charge in [0.15, 0.2) is 0 Å². The second-order valence-corrected chi connectivity index (χ2v) is 5.10. The first-order valence-electron chi connectivity index (χ1n) is 5.96. The maximum atomic E-state index is 13.0. The lowest BCUT2D eigenvalue weighted by atomic mass is 9.75. The number of halogens is 2. The molecule has 2 unspecified atom stereocenters. The van der Waals surface area contributed by atoms with Crippen molar-refractivity contribution in [1.82, 2.24) is 0 Å². The van der Waals surface area contributed by atoms with Gasteiger partial charge in [-0.05, 0) is 36.5 Å². The van der Waals surface area contributed by atoms with Crippen molar-refractivity contribution in [3.8, 4) is 0 Å². The first kappa shape index (κ1) is 12.8. The first-order chi connectivity index (χ1) is 8.13. The van der Waals surface area contributed by atoms with Crippen LogP contribution in [0.2, 0.25) is 5.02 Å². The third-order valence-corrected chi connectivity index (χ3v) is 3.99. The molecule has 0 bridgehead atoms. The summed E-state index contributed by atoms with van der Waals surface area (Å²) in [6, 6.07) is 4.25. The van der Waals surface area contributed by atoms with E-state index in [4.69, 9.17) is 17.3 Å². The summed E-state index contributed by atoms with van der Waals surface area (Å²) in [5.74, 6) is -0.259. The Balaban J connectivity index is 2.21. The van der Waals surface area contributed by atoms with Crippen LogP contribution in [0.5, 0.6) is 0 Å². The number of benzene rings is 1. The summed E-state index contributed by atoms with van der Waals surface area (Å²) in [5.41, 5.74) is 6.46. The lowest BCUT2D eigenvalue weighted by Crippen LogP contribution is -2.36. The van der Waals surface area contributed by atoms with Crippen molar-refractivity contribution in [3.05, 3.63) is 34.6 Å². The summed E-state index contributed by atoms with van der Waals surface area (Å²) in [5, 5.41) is 10.6. The molecular formula is C13H17ClFNO. The molecule has 1 aliphatic rings. The van der Waals surface area contributed by atoms with E-state index in [1.165, 1.54) is 12.1 Å². The Hall–Kier alpha value is -0.640. The highest BCUT2D eigenvalue weighted by Crippen LogP contribution is 2.37. The normalized spacial score (nSPS) is 19.8. The largest absolute Gasteiger partial charge is 0.392 e. The van der Waals surface area contributed by atoms with Gasteiger partial charge in [0.2, 0.25) is 0 Å². The zero-order valence-electron chi connectivity index (χ0n) is 9.57. The van der Waals surface area contributed by atoms with Crippen molar-refractivity contribution in [2.24, 2.45) is 11.7 Å². The second-order valence-electron chi connectivity index (χ2n) is 4.69. The van der Waals surface area contributed by atoms with Crippen LogP contribution in [-0.4, -0.2) is 17.8 Å². The van der Waals surface area contributed by atoms with Gasteiger partial charge in [0.25, 0.3) is 0 Å². The molecule has 1 saturated carbocycles. The Labute approximate surface area is 106 Å². The molecule has 0 saturated heterocycles. The third-order valence-electron chi connectivity index (χ3n) is 3.66. The Morgan fingerprint density at radius 1 is 1.47 bits per heavy atom. The van der Waals surface area contributed by atoms with Gasteiger partial charge in [-0.2, -0.15) is 0 Å². The molecule has 0 amide bonds. The SMILES string of the molecule is NCC(c1ccc(F)cc1Cl)C(O)C1CCC1. The summed E-state index contributed by atoms with van der Waals surface area (Å²) in [7, 11) is 0. The molecule has 3 N–H and O–H groups in total. The van der Waals surface area contributed by atoms with E-state index in [-0.39, 0.29) is 11.7 Å². The van der Waals surface area contributed by atoms with Crippen LogP contribution in [0, 0.1) is 11.7 Å². The average molecular weight is 258 g/mol. The Bertz CT molecular complexity index is 395. The quantitative estimate of drug-likeness (QED) is 0.871. The average Bonchev–Trinajstić information content (AvgIpc) is 2.19. The summed E-state index contributed by atoms with van der Waals surface area (Å²) in [4.78, 5) is 0. The molecule has 0 heterocycles. The molecule has 2 atom stereocenters. The fourth-order valence-corrected chi connectivity index (χ4v) is 2.67. The van der Waals surface area contributed by atoms with Crippen molar-refractivity contribution in [1.29, 1.82) is 0 Å².